The fraction of sp³-hybridized carbons (Fsp3) is 0.263. The second-order valence-electron chi connectivity index (χ2n) is 5.73. The van der Waals surface area contributed by atoms with E-state index in [1.54, 1.807) is 6.92 Å². The predicted molar refractivity (Wildman–Crippen MR) is 85.4 cm³/mol. The standard InChI is InChI=1S/C19H20O2/c1-4-14-8-10-16(11-9-14)19(3,20)17-12-15-7-5-6-13(2)18(15)21-17/h5-12,20H,4H2,1-3H3. The highest BCUT2D eigenvalue weighted by Gasteiger charge is 2.29. The Morgan fingerprint density at radius 2 is 1.81 bits per heavy atom. The largest absolute Gasteiger partial charge is 0.457 e. The molecule has 0 radical (unpaired) electrons. The van der Waals surface area contributed by atoms with Gasteiger partial charge in [0, 0.05) is 5.39 Å². The lowest BCUT2D eigenvalue weighted by Crippen LogP contribution is -2.21. The summed E-state index contributed by atoms with van der Waals surface area (Å²) in [6.07, 6.45) is 0.992. The van der Waals surface area contributed by atoms with Crippen molar-refractivity contribution in [2.24, 2.45) is 0 Å². The van der Waals surface area contributed by atoms with Crippen molar-refractivity contribution in [1.29, 1.82) is 0 Å². The van der Waals surface area contributed by atoms with Crippen molar-refractivity contribution in [2.75, 3.05) is 0 Å². The molecule has 1 atom stereocenters. The Balaban J connectivity index is 2.07. The quantitative estimate of drug-likeness (QED) is 0.763. The lowest BCUT2D eigenvalue weighted by molar-refractivity contribution is 0.0786. The molecular weight excluding hydrogens is 260 g/mol. The molecule has 1 N–H and O–H groups in total. The molecule has 1 aromatic heterocycles. The Bertz CT molecular complexity index is 764. The molecule has 2 heteroatoms. The number of furan rings is 1. The third-order valence-electron chi connectivity index (χ3n) is 4.15. The van der Waals surface area contributed by atoms with Gasteiger partial charge in [-0.1, -0.05) is 49.4 Å². The predicted octanol–water partition coefficient (Wildman–Crippen LogP) is 4.56. The van der Waals surface area contributed by atoms with Crippen molar-refractivity contribution in [3.8, 4) is 0 Å². The van der Waals surface area contributed by atoms with Gasteiger partial charge < -0.3 is 9.52 Å². The minimum atomic E-state index is -1.13. The highest BCUT2D eigenvalue weighted by atomic mass is 16.4. The van der Waals surface area contributed by atoms with Crippen LogP contribution in [-0.4, -0.2) is 5.11 Å². The SMILES string of the molecule is CCc1ccc(C(C)(O)c2cc3cccc(C)c3o2)cc1. The van der Waals surface area contributed by atoms with Crippen LogP contribution in [0.15, 0.2) is 52.9 Å². The molecule has 2 nitrogen and oxygen atoms in total. The van der Waals surface area contributed by atoms with Gasteiger partial charge in [0.2, 0.25) is 0 Å². The third-order valence-corrected chi connectivity index (χ3v) is 4.15. The highest BCUT2D eigenvalue weighted by Crippen LogP contribution is 2.34. The molecule has 0 aliphatic heterocycles. The van der Waals surface area contributed by atoms with E-state index in [4.69, 9.17) is 4.42 Å². The van der Waals surface area contributed by atoms with Crippen molar-refractivity contribution >= 4 is 11.0 Å². The molecule has 3 rings (SSSR count). The molecule has 0 aliphatic carbocycles. The van der Waals surface area contributed by atoms with E-state index in [1.165, 1.54) is 5.56 Å². The van der Waals surface area contributed by atoms with Gasteiger partial charge in [-0.25, -0.2) is 0 Å². The fourth-order valence-electron chi connectivity index (χ4n) is 2.66. The molecule has 0 spiro atoms. The summed E-state index contributed by atoms with van der Waals surface area (Å²) in [5.74, 6) is 0.580. The average Bonchev–Trinajstić information content (AvgIpc) is 2.94. The molecule has 0 saturated carbocycles. The van der Waals surface area contributed by atoms with Crippen LogP contribution in [0.4, 0.5) is 0 Å². The van der Waals surface area contributed by atoms with Gasteiger partial charge in [-0.15, -0.1) is 0 Å². The summed E-state index contributed by atoms with van der Waals surface area (Å²) < 4.78 is 5.92. The fourth-order valence-corrected chi connectivity index (χ4v) is 2.66. The lowest BCUT2D eigenvalue weighted by atomic mass is 9.92. The molecule has 0 bridgehead atoms. The Kier molecular flexibility index (Phi) is 3.34. The molecule has 0 amide bonds. The van der Waals surface area contributed by atoms with Gasteiger partial charge in [0.25, 0.3) is 0 Å². The molecule has 21 heavy (non-hydrogen) atoms. The maximum absolute atomic E-state index is 10.9. The Morgan fingerprint density at radius 3 is 2.43 bits per heavy atom. The third kappa shape index (κ3) is 2.36. The van der Waals surface area contributed by atoms with Gasteiger partial charge in [0.15, 0.2) is 0 Å². The van der Waals surface area contributed by atoms with Gasteiger partial charge in [-0.2, -0.15) is 0 Å². The van der Waals surface area contributed by atoms with E-state index in [2.05, 4.69) is 19.1 Å². The van der Waals surface area contributed by atoms with Crippen molar-refractivity contribution in [2.45, 2.75) is 32.8 Å². The molecule has 0 fully saturated rings. The first kappa shape index (κ1) is 13.9. The van der Waals surface area contributed by atoms with Crippen molar-refractivity contribution < 1.29 is 9.52 Å². The number of para-hydroxylation sites is 1. The van der Waals surface area contributed by atoms with Crippen LogP contribution in [-0.2, 0) is 12.0 Å². The van der Waals surface area contributed by atoms with E-state index in [0.717, 1.165) is 28.5 Å². The Hall–Kier alpha value is -2.06. The molecule has 2 aromatic carbocycles. The van der Waals surface area contributed by atoms with Gasteiger partial charge in [0.05, 0.1) is 0 Å². The minimum absolute atomic E-state index is 0.580. The minimum Gasteiger partial charge on any atom is -0.457 e. The number of benzene rings is 2. The van der Waals surface area contributed by atoms with E-state index < -0.39 is 5.60 Å². The number of hydrogen-bond acceptors (Lipinski definition) is 2. The average molecular weight is 280 g/mol. The van der Waals surface area contributed by atoms with Crippen LogP contribution in [0.1, 0.15) is 36.3 Å². The summed E-state index contributed by atoms with van der Waals surface area (Å²) in [5, 5.41) is 11.9. The smallest absolute Gasteiger partial charge is 0.144 e. The molecule has 0 aliphatic rings. The van der Waals surface area contributed by atoms with Gasteiger partial charge in [0.1, 0.15) is 16.9 Å². The second-order valence-corrected chi connectivity index (χ2v) is 5.73. The van der Waals surface area contributed by atoms with Crippen LogP contribution < -0.4 is 0 Å². The summed E-state index contributed by atoms with van der Waals surface area (Å²) in [4.78, 5) is 0. The van der Waals surface area contributed by atoms with Gasteiger partial charge in [-0.3, -0.25) is 0 Å². The normalized spacial score (nSPS) is 14.3. The Morgan fingerprint density at radius 1 is 1.10 bits per heavy atom. The first-order valence-corrected chi connectivity index (χ1v) is 7.34. The van der Waals surface area contributed by atoms with Crippen LogP contribution in [0.25, 0.3) is 11.0 Å². The first-order chi connectivity index (χ1) is 10.0. The maximum atomic E-state index is 10.9. The number of aryl methyl sites for hydroxylation is 2. The van der Waals surface area contributed by atoms with Crippen LogP contribution in [0.5, 0.6) is 0 Å². The zero-order valence-corrected chi connectivity index (χ0v) is 12.7. The van der Waals surface area contributed by atoms with Gasteiger partial charge >= 0.3 is 0 Å². The second kappa shape index (κ2) is 5.05. The summed E-state index contributed by atoms with van der Waals surface area (Å²) in [6, 6.07) is 16.0. The molecule has 1 heterocycles. The lowest BCUT2D eigenvalue weighted by Gasteiger charge is -2.21. The van der Waals surface area contributed by atoms with E-state index in [9.17, 15) is 5.11 Å². The number of rotatable bonds is 3. The molecule has 3 aromatic rings. The number of hydrogen-bond donors (Lipinski definition) is 1. The van der Waals surface area contributed by atoms with E-state index in [-0.39, 0.29) is 0 Å². The molecule has 0 saturated heterocycles. The van der Waals surface area contributed by atoms with E-state index in [1.807, 2.05) is 43.3 Å². The van der Waals surface area contributed by atoms with E-state index >= 15 is 0 Å². The zero-order chi connectivity index (χ0) is 15.0. The van der Waals surface area contributed by atoms with Crippen LogP contribution in [0.3, 0.4) is 0 Å². The van der Waals surface area contributed by atoms with Crippen molar-refractivity contribution in [1.82, 2.24) is 0 Å². The van der Waals surface area contributed by atoms with E-state index in [0.29, 0.717) is 5.76 Å². The topological polar surface area (TPSA) is 33.4 Å². The number of aliphatic hydroxyl groups is 1. The van der Waals surface area contributed by atoms with Crippen LogP contribution >= 0.6 is 0 Å². The monoisotopic (exact) mass is 280 g/mol. The summed E-state index contributed by atoms with van der Waals surface area (Å²) >= 11 is 0. The maximum Gasteiger partial charge on any atom is 0.144 e. The summed E-state index contributed by atoms with van der Waals surface area (Å²) in [7, 11) is 0. The van der Waals surface area contributed by atoms with Crippen molar-refractivity contribution in [3.63, 3.8) is 0 Å². The molecular formula is C19H20O2. The van der Waals surface area contributed by atoms with Crippen molar-refractivity contribution in [3.05, 3.63) is 71.0 Å². The molecule has 108 valence electrons. The highest BCUT2D eigenvalue weighted by molar-refractivity contribution is 5.81. The zero-order valence-electron chi connectivity index (χ0n) is 12.7. The molecule has 1 unspecified atom stereocenters. The number of fused-ring (bicyclic) bond motifs is 1. The van der Waals surface area contributed by atoms with Gasteiger partial charge in [-0.05, 0) is 43.0 Å². The van der Waals surface area contributed by atoms with Crippen LogP contribution in [0, 0.1) is 6.92 Å². The summed E-state index contributed by atoms with van der Waals surface area (Å²) in [5.41, 5.74) is 2.90. The summed E-state index contributed by atoms with van der Waals surface area (Å²) in [6.45, 7) is 5.91. The Labute approximate surface area is 125 Å². The van der Waals surface area contributed by atoms with Crippen LogP contribution in [0.2, 0.25) is 0 Å². The first-order valence-electron chi connectivity index (χ1n) is 7.34.